The summed E-state index contributed by atoms with van der Waals surface area (Å²) in [4.78, 5) is 6.92. The zero-order valence-electron chi connectivity index (χ0n) is 22.5. The Balaban J connectivity index is 1.42. The van der Waals surface area contributed by atoms with E-state index in [-0.39, 0.29) is 12.1 Å². The molecule has 0 spiro atoms. The van der Waals surface area contributed by atoms with E-state index >= 15 is 0 Å². The van der Waals surface area contributed by atoms with Gasteiger partial charge in [-0.2, -0.15) is 0 Å². The van der Waals surface area contributed by atoms with Crippen molar-refractivity contribution in [2.75, 3.05) is 4.90 Å². The largest absolute Gasteiger partial charge is 0.457 e. The standard InChI is InChI=1S/C33H29BrN4OS/c1-21-9-4-5-13-30(21)39-27-16-14-25(15-17-27)38-32(31(36-33(38)40)29-12-6-7-18-35-29)28-19-22(2)37(23(28)3)26-11-8-10-24(34)20-26/h4-20,31-32H,1-3H3,(H,36,40)/t31-,32+/m1/s1. The van der Waals surface area contributed by atoms with Gasteiger partial charge < -0.3 is 19.5 Å². The first-order valence-electron chi connectivity index (χ1n) is 13.2. The van der Waals surface area contributed by atoms with E-state index in [1.54, 1.807) is 0 Å². The van der Waals surface area contributed by atoms with Gasteiger partial charge in [0.1, 0.15) is 11.5 Å². The third-order valence-electron chi connectivity index (χ3n) is 7.39. The first kappa shape index (κ1) is 26.3. The average molecular weight is 610 g/mol. The number of aromatic nitrogens is 2. The van der Waals surface area contributed by atoms with Crippen LogP contribution >= 0.6 is 28.1 Å². The Hall–Kier alpha value is -3.94. The number of halogens is 1. The molecule has 40 heavy (non-hydrogen) atoms. The molecule has 200 valence electrons. The van der Waals surface area contributed by atoms with Gasteiger partial charge in [0, 0.05) is 33.4 Å². The van der Waals surface area contributed by atoms with E-state index in [1.165, 1.54) is 5.56 Å². The van der Waals surface area contributed by atoms with E-state index in [0.29, 0.717) is 5.11 Å². The highest BCUT2D eigenvalue weighted by Gasteiger charge is 2.42. The summed E-state index contributed by atoms with van der Waals surface area (Å²) in [6.07, 6.45) is 1.84. The minimum absolute atomic E-state index is 0.0994. The predicted molar refractivity (Wildman–Crippen MR) is 169 cm³/mol. The molecule has 6 rings (SSSR count). The number of thiocarbonyl (C=S) groups is 1. The normalized spacial score (nSPS) is 16.7. The highest BCUT2D eigenvalue weighted by molar-refractivity contribution is 9.10. The second-order valence-electron chi connectivity index (χ2n) is 10.00. The second kappa shape index (κ2) is 10.9. The molecule has 7 heteroatoms. The number of anilines is 1. The number of rotatable bonds is 6. The van der Waals surface area contributed by atoms with E-state index in [9.17, 15) is 0 Å². The minimum atomic E-state index is -0.118. The Labute approximate surface area is 248 Å². The van der Waals surface area contributed by atoms with Gasteiger partial charge in [-0.1, -0.05) is 46.3 Å². The molecule has 5 nitrogen and oxygen atoms in total. The van der Waals surface area contributed by atoms with E-state index in [4.69, 9.17) is 21.9 Å². The van der Waals surface area contributed by atoms with Gasteiger partial charge in [0.2, 0.25) is 0 Å². The summed E-state index contributed by atoms with van der Waals surface area (Å²) in [6, 6.07) is 32.6. The first-order valence-corrected chi connectivity index (χ1v) is 14.4. The summed E-state index contributed by atoms with van der Waals surface area (Å²) < 4.78 is 9.51. The summed E-state index contributed by atoms with van der Waals surface area (Å²) in [5, 5.41) is 4.25. The fourth-order valence-electron chi connectivity index (χ4n) is 5.52. The SMILES string of the molecule is Cc1ccccc1Oc1ccc(N2C(=S)N[C@H](c3ccccn3)[C@@H]2c2cc(C)n(-c3cccc(Br)c3)c2C)cc1. The smallest absolute Gasteiger partial charge is 0.174 e. The molecule has 1 aliphatic rings. The van der Waals surface area contributed by atoms with Crippen molar-refractivity contribution in [3.63, 3.8) is 0 Å². The molecule has 1 aliphatic heterocycles. The van der Waals surface area contributed by atoms with Crippen molar-refractivity contribution in [3.8, 4) is 17.2 Å². The van der Waals surface area contributed by atoms with Gasteiger partial charge in [0.05, 0.1) is 17.8 Å². The monoisotopic (exact) mass is 608 g/mol. The van der Waals surface area contributed by atoms with Crippen LogP contribution < -0.4 is 15.0 Å². The molecular formula is C33H29BrN4OS. The molecule has 5 aromatic rings. The predicted octanol–water partition coefficient (Wildman–Crippen LogP) is 8.53. The summed E-state index contributed by atoms with van der Waals surface area (Å²) >= 11 is 9.60. The number of hydrogen-bond acceptors (Lipinski definition) is 3. The van der Waals surface area contributed by atoms with E-state index < -0.39 is 0 Å². The molecule has 0 radical (unpaired) electrons. The summed E-state index contributed by atoms with van der Waals surface area (Å²) in [7, 11) is 0. The van der Waals surface area contributed by atoms with Gasteiger partial charge >= 0.3 is 0 Å². The third kappa shape index (κ3) is 4.91. The second-order valence-corrected chi connectivity index (χ2v) is 11.3. The maximum Gasteiger partial charge on any atom is 0.174 e. The van der Waals surface area contributed by atoms with Gasteiger partial charge in [0.15, 0.2) is 5.11 Å². The van der Waals surface area contributed by atoms with Crippen molar-refractivity contribution < 1.29 is 4.74 Å². The lowest BCUT2D eigenvalue weighted by Gasteiger charge is -2.28. The van der Waals surface area contributed by atoms with Crippen LogP contribution in [0.5, 0.6) is 11.5 Å². The molecule has 1 fully saturated rings. The molecule has 2 aromatic heterocycles. The molecule has 1 saturated heterocycles. The van der Waals surface area contributed by atoms with Gasteiger partial charge in [-0.25, -0.2) is 0 Å². The van der Waals surface area contributed by atoms with Crippen LogP contribution in [0, 0.1) is 20.8 Å². The average Bonchev–Trinajstić information content (AvgIpc) is 3.45. The van der Waals surface area contributed by atoms with Crippen molar-refractivity contribution in [2.24, 2.45) is 0 Å². The summed E-state index contributed by atoms with van der Waals surface area (Å²) in [5.74, 6) is 1.63. The van der Waals surface area contributed by atoms with E-state index in [0.717, 1.165) is 50.0 Å². The van der Waals surface area contributed by atoms with Gasteiger partial charge in [-0.3, -0.25) is 4.98 Å². The number of benzene rings is 3. The Morgan fingerprint density at radius 2 is 1.62 bits per heavy atom. The van der Waals surface area contributed by atoms with E-state index in [1.807, 2.05) is 67.7 Å². The van der Waals surface area contributed by atoms with Crippen molar-refractivity contribution in [3.05, 3.63) is 136 Å². The number of nitrogens with zero attached hydrogens (tertiary/aromatic N) is 3. The highest BCUT2D eigenvalue weighted by atomic mass is 79.9. The molecule has 0 unspecified atom stereocenters. The third-order valence-corrected chi connectivity index (χ3v) is 8.20. The van der Waals surface area contributed by atoms with Crippen LogP contribution in [-0.4, -0.2) is 14.7 Å². The lowest BCUT2D eigenvalue weighted by molar-refractivity contribution is 0.479. The number of para-hydroxylation sites is 1. The molecule has 0 bridgehead atoms. The maximum atomic E-state index is 6.17. The van der Waals surface area contributed by atoms with Crippen LogP contribution in [0.1, 0.15) is 40.3 Å². The maximum absolute atomic E-state index is 6.17. The van der Waals surface area contributed by atoms with E-state index in [2.05, 4.69) is 87.0 Å². The zero-order chi connectivity index (χ0) is 27.8. The first-order chi connectivity index (χ1) is 19.4. The summed E-state index contributed by atoms with van der Waals surface area (Å²) in [5.41, 5.74) is 7.66. The Bertz CT molecular complexity index is 1680. The quantitative estimate of drug-likeness (QED) is 0.196. The lowest BCUT2D eigenvalue weighted by atomic mass is 9.96. The number of ether oxygens (including phenoxy) is 1. The van der Waals surface area contributed by atoms with Crippen LogP contribution in [0.25, 0.3) is 5.69 Å². The molecule has 0 aliphatic carbocycles. The number of nitrogens with one attached hydrogen (secondary N) is 1. The van der Waals surface area contributed by atoms with Crippen molar-refractivity contribution in [1.82, 2.24) is 14.9 Å². The molecule has 0 amide bonds. The van der Waals surface area contributed by atoms with Crippen LogP contribution in [0.2, 0.25) is 0 Å². The van der Waals surface area contributed by atoms with Crippen molar-refractivity contribution in [1.29, 1.82) is 0 Å². The molecule has 3 aromatic carbocycles. The van der Waals surface area contributed by atoms with Crippen LogP contribution in [0.4, 0.5) is 5.69 Å². The van der Waals surface area contributed by atoms with Crippen molar-refractivity contribution in [2.45, 2.75) is 32.9 Å². The molecule has 1 N–H and O–H groups in total. The van der Waals surface area contributed by atoms with Gasteiger partial charge in [-0.05, 0) is 111 Å². The fraction of sp³-hybridized carbons (Fsp3) is 0.152. The fourth-order valence-corrected chi connectivity index (χ4v) is 6.25. The van der Waals surface area contributed by atoms with Crippen LogP contribution in [0.3, 0.4) is 0 Å². The summed E-state index contributed by atoms with van der Waals surface area (Å²) in [6.45, 7) is 6.37. The van der Waals surface area contributed by atoms with Crippen molar-refractivity contribution >= 4 is 38.9 Å². The molecule has 2 atom stereocenters. The lowest BCUT2D eigenvalue weighted by Crippen LogP contribution is -2.29. The van der Waals surface area contributed by atoms with Gasteiger partial charge in [0.25, 0.3) is 0 Å². The number of hydrogen-bond donors (Lipinski definition) is 1. The Kier molecular flexibility index (Phi) is 7.17. The van der Waals surface area contributed by atoms with Gasteiger partial charge in [-0.15, -0.1) is 0 Å². The highest BCUT2D eigenvalue weighted by Crippen LogP contribution is 2.44. The molecule has 3 heterocycles. The molecular weight excluding hydrogens is 580 g/mol. The Morgan fingerprint density at radius 1 is 0.850 bits per heavy atom. The number of pyridine rings is 1. The topological polar surface area (TPSA) is 42.3 Å². The van der Waals surface area contributed by atoms with Crippen LogP contribution in [-0.2, 0) is 0 Å². The molecule has 0 saturated carbocycles. The Morgan fingerprint density at radius 3 is 2.35 bits per heavy atom. The van der Waals surface area contributed by atoms with Crippen LogP contribution in [0.15, 0.2) is 108 Å². The zero-order valence-corrected chi connectivity index (χ0v) is 24.9. The number of aryl methyl sites for hydroxylation is 2. The minimum Gasteiger partial charge on any atom is -0.457 e.